The van der Waals surface area contributed by atoms with Crippen molar-refractivity contribution >= 4 is 23.1 Å². The Morgan fingerprint density at radius 2 is 1.84 bits per heavy atom. The molecule has 3 N–H and O–H groups in total. The van der Waals surface area contributed by atoms with Crippen LogP contribution in [0.1, 0.15) is 65.2 Å². The standard InChI is InChI=1S/C15H28N2OS/c1-12(2)8-7-11-17-14(18)15(13(16)19)9-5-3-4-6-10-15/h12H,3-11H2,1-2H3,(H2,16,19)(H,17,18). The molecular formula is C15H28N2OS. The van der Waals surface area contributed by atoms with Gasteiger partial charge in [-0.3, -0.25) is 4.79 Å². The van der Waals surface area contributed by atoms with Gasteiger partial charge in [-0.15, -0.1) is 0 Å². The molecule has 0 radical (unpaired) electrons. The summed E-state index contributed by atoms with van der Waals surface area (Å²) in [5, 5.41) is 3.05. The van der Waals surface area contributed by atoms with Crippen molar-refractivity contribution in [3.8, 4) is 0 Å². The number of hydrogen-bond acceptors (Lipinski definition) is 2. The van der Waals surface area contributed by atoms with Gasteiger partial charge in [0.2, 0.25) is 5.91 Å². The fraction of sp³-hybridized carbons (Fsp3) is 0.867. The van der Waals surface area contributed by atoms with Gasteiger partial charge in [0, 0.05) is 6.54 Å². The topological polar surface area (TPSA) is 55.1 Å². The van der Waals surface area contributed by atoms with Gasteiger partial charge in [0.05, 0.1) is 10.4 Å². The molecular weight excluding hydrogens is 256 g/mol. The monoisotopic (exact) mass is 284 g/mol. The average molecular weight is 284 g/mol. The van der Waals surface area contributed by atoms with Crippen LogP contribution in [0.25, 0.3) is 0 Å². The predicted molar refractivity (Wildman–Crippen MR) is 84.0 cm³/mol. The summed E-state index contributed by atoms with van der Waals surface area (Å²) in [6.45, 7) is 5.13. The van der Waals surface area contributed by atoms with Gasteiger partial charge in [-0.2, -0.15) is 0 Å². The predicted octanol–water partition coefficient (Wildman–Crippen LogP) is 3.17. The third-order valence-electron chi connectivity index (χ3n) is 4.11. The SMILES string of the molecule is CC(C)CCCNC(=O)C1(C(N)=S)CCCCCC1. The van der Waals surface area contributed by atoms with Gasteiger partial charge in [0.25, 0.3) is 0 Å². The highest BCUT2D eigenvalue weighted by atomic mass is 32.1. The third-order valence-corrected chi connectivity index (χ3v) is 4.50. The summed E-state index contributed by atoms with van der Waals surface area (Å²) in [4.78, 5) is 12.9. The molecule has 0 bridgehead atoms. The summed E-state index contributed by atoms with van der Waals surface area (Å²) in [6, 6.07) is 0. The Balaban J connectivity index is 2.55. The van der Waals surface area contributed by atoms with Crippen LogP contribution >= 0.6 is 12.2 Å². The van der Waals surface area contributed by atoms with E-state index in [-0.39, 0.29) is 5.91 Å². The maximum absolute atomic E-state index is 12.5. The van der Waals surface area contributed by atoms with Crippen LogP contribution in [0.3, 0.4) is 0 Å². The molecule has 0 aromatic heterocycles. The molecule has 0 atom stereocenters. The van der Waals surface area contributed by atoms with Crippen LogP contribution < -0.4 is 11.1 Å². The number of carbonyl (C=O) groups is 1. The van der Waals surface area contributed by atoms with Crippen LogP contribution in [-0.2, 0) is 4.79 Å². The van der Waals surface area contributed by atoms with Crippen LogP contribution in [0.5, 0.6) is 0 Å². The second kappa shape index (κ2) is 7.83. The van der Waals surface area contributed by atoms with E-state index in [0.717, 1.165) is 45.1 Å². The lowest BCUT2D eigenvalue weighted by Crippen LogP contribution is -2.49. The van der Waals surface area contributed by atoms with Gasteiger partial charge in [-0.05, 0) is 31.6 Å². The molecule has 1 aliphatic rings. The number of carbonyl (C=O) groups excluding carboxylic acids is 1. The summed E-state index contributed by atoms with van der Waals surface area (Å²) in [5.41, 5.74) is 5.32. The van der Waals surface area contributed by atoms with E-state index < -0.39 is 5.41 Å². The first-order chi connectivity index (χ1) is 8.99. The number of thiocarbonyl (C=S) groups is 1. The molecule has 0 aromatic rings. The van der Waals surface area contributed by atoms with E-state index in [1.807, 2.05) is 0 Å². The zero-order valence-electron chi connectivity index (χ0n) is 12.3. The zero-order valence-corrected chi connectivity index (χ0v) is 13.2. The van der Waals surface area contributed by atoms with E-state index >= 15 is 0 Å². The fourth-order valence-electron chi connectivity index (χ4n) is 2.80. The third kappa shape index (κ3) is 4.75. The Kier molecular flexibility index (Phi) is 6.76. The Bertz CT molecular complexity index is 307. The molecule has 1 amide bonds. The Morgan fingerprint density at radius 3 is 2.32 bits per heavy atom. The molecule has 1 aliphatic carbocycles. The first kappa shape index (κ1) is 16.4. The molecule has 0 aromatic carbocycles. The van der Waals surface area contributed by atoms with Gasteiger partial charge in [-0.1, -0.05) is 51.7 Å². The van der Waals surface area contributed by atoms with Gasteiger partial charge in [-0.25, -0.2) is 0 Å². The van der Waals surface area contributed by atoms with Crippen LogP contribution in [0, 0.1) is 11.3 Å². The smallest absolute Gasteiger partial charge is 0.233 e. The summed E-state index contributed by atoms with van der Waals surface area (Å²) in [7, 11) is 0. The second-order valence-electron chi connectivity index (χ2n) is 6.15. The molecule has 19 heavy (non-hydrogen) atoms. The number of hydrogen-bond donors (Lipinski definition) is 2. The first-order valence-corrected chi connectivity index (χ1v) is 7.98. The van der Waals surface area contributed by atoms with Crippen molar-refractivity contribution in [2.75, 3.05) is 6.54 Å². The maximum atomic E-state index is 12.5. The fourth-order valence-corrected chi connectivity index (χ4v) is 3.10. The van der Waals surface area contributed by atoms with Crippen molar-refractivity contribution in [1.29, 1.82) is 0 Å². The lowest BCUT2D eigenvalue weighted by atomic mass is 9.79. The minimum atomic E-state index is -0.580. The minimum Gasteiger partial charge on any atom is -0.392 e. The van der Waals surface area contributed by atoms with Crippen molar-refractivity contribution in [3.05, 3.63) is 0 Å². The molecule has 0 aliphatic heterocycles. The van der Waals surface area contributed by atoms with Crippen molar-refractivity contribution in [1.82, 2.24) is 5.32 Å². The molecule has 0 heterocycles. The lowest BCUT2D eigenvalue weighted by Gasteiger charge is -2.30. The number of rotatable bonds is 6. The zero-order chi connectivity index (χ0) is 14.3. The van der Waals surface area contributed by atoms with Gasteiger partial charge in [0.1, 0.15) is 0 Å². The Morgan fingerprint density at radius 1 is 1.26 bits per heavy atom. The normalized spacial score (nSPS) is 18.9. The van der Waals surface area contributed by atoms with Crippen LogP contribution in [-0.4, -0.2) is 17.4 Å². The van der Waals surface area contributed by atoms with Gasteiger partial charge < -0.3 is 11.1 Å². The number of nitrogens with two attached hydrogens (primary N) is 1. The van der Waals surface area contributed by atoms with Crippen molar-refractivity contribution < 1.29 is 4.79 Å². The quantitative estimate of drug-likeness (QED) is 0.447. The number of amides is 1. The Hall–Kier alpha value is -0.640. The van der Waals surface area contributed by atoms with Crippen LogP contribution in [0.4, 0.5) is 0 Å². The second-order valence-corrected chi connectivity index (χ2v) is 6.59. The van der Waals surface area contributed by atoms with E-state index in [1.54, 1.807) is 0 Å². The summed E-state index contributed by atoms with van der Waals surface area (Å²) in [6.07, 6.45) is 8.28. The van der Waals surface area contributed by atoms with E-state index in [0.29, 0.717) is 10.9 Å². The van der Waals surface area contributed by atoms with Crippen LogP contribution in [0.15, 0.2) is 0 Å². The Labute approximate surface area is 122 Å². The van der Waals surface area contributed by atoms with E-state index in [4.69, 9.17) is 18.0 Å². The molecule has 0 spiro atoms. The van der Waals surface area contributed by atoms with Crippen molar-refractivity contribution in [2.24, 2.45) is 17.1 Å². The summed E-state index contributed by atoms with van der Waals surface area (Å²) < 4.78 is 0. The number of nitrogens with one attached hydrogen (secondary N) is 1. The van der Waals surface area contributed by atoms with Gasteiger partial charge in [0.15, 0.2) is 0 Å². The van der Waals surface area contributed by atoms with E-state index in [1.165, 1.54) is 12.8 Å². The van der Waals surface area contributed by atoms with Crippen molar-refractivity contribution in [2.45, 2.75) is 65.2 Å². The highest BCUT2D eigenvalue weighted by molar-refractivity contribution is 7.80. The average Bonchev–Trinajstić information content (AvgIpc) is 2.60. The minimum absolute atomic E-state index is 0.0608. The van der Waals surface area contributed by atoms with E-state index in [9.17, 15) is 4.79 Å². The highest BCUT2D eigenvalue weighted by Gasteiger charge is 2.41. The molecule has 4 heteroatoms. The molecule has 3 nitrogen and oxygen atoms in total. The summed E-state index contributed by atoms with van der Waals surface area (Å²) in [5.74, 6) is 0.741. The highest BCUT2D eigenvalue weighted by Crippen LogP contribution is 2.35. The van der Waals surface area contributed by atoms with Gasteiger partial charge >= 0.3 is 0 Å². The largest absolute Gasteiger partial charge is 0.392 e. The molecule has 1 saturated carbocycles. The molecule has 0 unspecified atom stereocenters. The molecule has 0 saturated heterocycles. The maximum Gasteiger partial charge on any atom is 0.233 e. The molecule has 110 valence electrons. The van der Waals surface area contributed by atoms with Crippen molar-refractivity contribution in [3.63, 3.8) is 0 Å². The van der Waals surface area contributed by atoms with E-state index in [2.05, 4.69) is 19.2 Å². The lowest BCUT2D eigenvalue weighted by molar-refractivity contribution is -0.128. The first-order valence-electron chi connectivity index (χ1n) is 7.57. The molecule has 1 fully saturated rings. The molecule has 1 rings (SSSR count). The summed E-state index contributed by atoms with van der Waals surface area (Å²) >= 11 is 5.20. The van der Waals surface area contributed by atoms with Crippen LogP contribution in [0.2, 0.25) is 0 Å².